The summed E-state index contributed by atoms with van der Waals surface area (Å²) in [6.07, 6.45) is 0. The van der Waals surface area contributed by atoms with Crippen LogP contribution in [0.4, 0.5) is 17.1 Å². The molecule has 0 spiro atoms. The molecule has 0 radical (unpaired) electrons. The number of carbonyl (C=O) groups is 2. The van der Waals surface area contributed by atoms with Gasteiger partial charge < -0.3 is 35.2 Å². The van der Waals surface area contributed by atoms with Gasteiger partial charge in [0.25, 0.3) is 5.69 Å². The third-order valence-electron chi connectivity index (χ3n) is 5.54. The fourth-order valence-electron chi connectivity index (χ4n) is 3.97. The van der Waals surface area contributed by atoms with E-state index in [0.717, 1.165) is 26.4 Å². The Kier molecular flexibility index (Phi) is 5.86. The van der Waals surface area contributed by atoms with Gasteiger partial charge in [-0.25, -0.2) is 9.59 Å². The molecule has 0 aliphatic rings. The molecule has 12 nitrogen and oxygen atoms in total. The molecule has 0 unspecified atom stereocenters. The first-order chi connectivity index (χ1) is 17.1. The Hall–Kier alpha value is -5.26. The molecular weight excluding hydrogens is 476 g/mol. The summed E-state index contributed by atoms with van der Waals surface area (Å²) in [5.41, 5.74) is -0.441. The van der Waals surface area contributed by atoms with Crippen molar-refractivity contribution in [1.82, 2.24) is 0 Å². The summed E-state index contributed by atoms with van der Waals surface area (Å²) >= 11 is 0. The van der Waals surface area contributed by atoms with Crippen molar-refractivity contribution in [2.75, 3.05) is 19.5 Å². The third-order valence-corrected chi connectivity index (χ3v) is 5.54. The smallest absolute Gasteiger partial charge is 0.337 e. The van der Waals surface area contributed by atoms with E-state index in [4.69, 9.17) is 9.47 Å². The number of methoxy groups -OCH3 is 2. The van der Waals surface area contributed by atoms with Gasteiger partial charge in [0.15, 0.2) is 0 Å². The van der Waals surface area contributed by atoms with E-state index in [1.54, 1.807) is 0 Å². The number of esters is 2. The summed E-state index contributed by atoms with van der Waals surface area (Å²) in [4.78, 5) is 35.0. The number of anilines is 2. The van der Waals surface area contributed by atoms with Crippen molar-refractivity contribution >= 4 is 50.5 Å². The first kappa shape index (κ1) is 23.9. The normalized spacial score (nSPS) is 10.8. The highest BCUT2D eigenvalue weighted by atomic mass is 16.6. The number of benzene rings is 4. The third kappa shape index (κ3) is 3.76. The second-order valence-corrected chi connectivity index (χ2v) is 7.60. The topological polar surface area (TPSA) is 189 Å². The minimum atomic E-state index is -0.800. The van der Waals surface area contributed by atoms with Crippen LogP contribution in [0.1, 0.15) is 20.7 Å². The number of carbonyl (C=O) groups excluding carboxylic acids is 2. The van der Waals surface area contributed by atoms with Crippen molar-refractivity contribution in [2.45, 2.75) is 0 Å². The molecule has 36 heavy (non-hydrogen) atoms. The number of nitro benzene ring substituents is 1. The number of phenolic OH excluding ortho intramolecular Hbond substituents is 4. The number of ether oxygens (including phenoxy) is 2. The van der Waals surface area contributed by atoms with Gasteiger partial charge in [0.1, 0.15) is 28.4 Å². The predicted molar refractivity (Wildman–Crippen MR) is 127 cm³/mol. The van der Waals surface area contributed by atoms with Crippen molar-refractivity contribution < 1.29 is 44.4 Å². The lowest BCUT2D eigenvalue weighted by atomic mass is 9.96. The van der Waals surface area contributed by atoms with Crippen molar-refractivity contribution in [3.8, 4) is 23.0 Å². The number of fused-ring (bicyclic) bond motifs is 2. The van der Waals surface area contributed by atoms with E-state index >= 15 is 0 Å². The zero-order valence-electron chi connectivity index (χ0n) is 18.7. The Bertz CT molecular complexity index is 1560. The number of nitrogens with zero attached hydrogens (tertiary/aromatic N) is 1. The molecule has 0 heterocycles. The predicted octanol–water partition coefficient (Wildman–Crippen LogP) is 4.04. The maximum absolute atomic E-state index is 12.1. The fourth-order valence-corrected chi connectivity index (χ4v) is 3.97. The number of hydrogen-bond donors (Lipinski definition) is 5. The Morgan fingerprint density at radius 3 is 1.81 bits per heavy atom. The van der Waals surface area contributed by atoms with E-state index in [0.29, 0.717) is 0 Å². The molecule has 0 saturated carbocycles. The molecule has 0 bridgehead atoms. The van der Waals surface area contributed by atoms with Gasteiger partial charge in [-0.2, -0.15) is 0 Å². The van der Waals surface area contributed by atoms with Gasteiger partial charge in [-0.15, -0.1) is 0 Å². The molecule has 4 aromatic carbocycles. The summed E-state index contributed by atoms with van der Waals surface area (Å²) in [6, 6.07) is 8.35. The molecule has 0 aliphatic carbocycles. The summed E-state index contributed by atoms with van der Waals surface area (Å²) in [6.45, 7) is 0. The minimum absolute atomic E-state index is 0.0101. The lowest BCUT2D eigenvalue weighted by Crippen LogP contribution is -2.08. The Labute approximate surface area is 201 Å². The highest BCUT2D eigenvalue weighted by molar-refractivity contribution is 6.20. The van der Waals surface area contributed by atoms with Gasteiger partial charge in [-0.1, -0.05) is 0 Å². The molecule has 184 valence electrons. The van der Waals surface area contributed by atoms with Crippen LogP contribution < -0.4 is 5.32 Å². The van der Waals surface area contributed by atoms with E-state index in [2.05, 4.69) is 5.32 Å². The summed E-state index contributed by atoms with van der Waals surface area (Å²) in [5.74, 6) is -3.98. The van der Waals surface area contributed by atoms with Crippen molar-refractivity contribution in [1.29, 1.82) is 0 Å². The Balaban J connectivity index is 2.04. The zero-order valence-corrected chi connectivity index (χ0v) is 18.7. The second kappa shape index (κ2) is 8.83. The average Bonchev–Trinajstić information content (AvgIpc) is 2.86. The first-order valence-corrected chi connectivity index (χ1v) is 10.2. The summed E-state index contributed by atoms with van der Waals surface area (Å²) in [5, 5.41) is 55.8. The number of phenols is 4. The van der Waals surface area contributed by atoms with E-state index in [9.17, 15) is 40.1 Å². The van der Waals surface area contributed by atoms with Crippen LogP contribution >= 0.6 is 0 Å². The average molecular weight is 494 g/mol. The van der Waals surface area contributed by atoms with Crippen LogP contribution in [0.2, 0.25) is 0 Å². The van der Waals surface area contributed by atoms with Crippen LogP contribution in [0.25, 0.3) is 21.5 Å². The minimum Gasteiger partial charge on any atom is -0.507 e. The van der Waals surface area contributed by atoms with E-state index in [1.807, 2.05) is 0 Å². The van der Waals surface area contributed by atoms with E-state index in [-0.39, 0.29) is 33.3 Å². The number of rotatable bonds is 5. The lowest BCUT2D eigenvalue weighted by molar-refractivity contribution is -0.383. The van der Waals surface area contributed by atoms with Crippen LogP contribution in [0, 0.1) is 10.1 Å². The number of non-ortho nitro benzene ring substituents is 1. The molecule has 0 fully saturated rings. The van der Waals surface area contributed by atoms with Gasteiger partial charge in [-0.3, -0.25) is 10.1 Å². The number of nitrogens with one attached hydrogen (secondary N) is 1. The van der Waals surface area contributed by atoms with E-state index in [1.165, 1.54) is 30.3 Å². The van der Waals surface area contributed by atoms with Gasteiger partial charge in [-0.05, 0) is 36.4 Å². The number of hydrogen-bond acceptors (Lipinski definition) is 11. The maximum Gasteiger partial charge on any atom is 0.337 e. The lowest BCUT2D eigenvalue weighted by Gasteiger charge is -2.17. The van der Waals surface area contributed by atoms with Crippen LogP contribution in [0.3, 0.4) is 0 Å². The van der Waals surface area contributed by atoms with Crippen molar-refractivity contribution in [3.63, 3.8) is 0 Å². The molecule has 0 saturated heterocycles. The van der Waals surface area contributed by atoms with Crippen LogP contribution in [0.5, 0.6) is 23.0 Å². The molecule has 4 aromatic rings. The fraction of sp³-hybridized carbons (Fsp3) is 0.0833. The highest BCUT2D eigenvalue weighted by Crippen LogP contribution is 2.53. The van der Waals surface area contributed by atoms with Crippen molar-refractivity contribution in [2.24, 2.45) is 0 Å². The maximum atomic E-state index is 12.1. The Morgan fingerprint density at radius 1 is 0.778 bits per heavy atom. The molecule has 5 N–H and O–H groups in total. The molecular formula is C24H18N2O10. The largest absolute Gasteiger partial charge is 0.507 e. The van der Waals surface area contributed by atoms with Crippen LogP contribution in [-0.2, 0) is 9.47 Å². The highest BCUT2D eigenvalue weighted by Gasteiger charge is 2.27. The van der Waals surface area contributed by atoms with Crippen LogP contribution in [-0.4, -0.2) is 51.5 Å². The van der Waals surface area contributed by atoms with Gasteiger partial charge >= 0.3 is 11.9 Å². The van der Waals surface area contributed by atoms with Crippen molar-refractivity contribution in [3.05, 3.63) is 63.7 Å². The second-order valence-electron chi connectivity index (χ2n) is 7.60. The molecule has 0 atom stereocenters. The van der Waals surface area contributed by atoms with Crippen LogP contribution in [0.15, 0.2) is 42.5 Å². The van der Waals surface area contributed by atoms with Gasteiger partial charge in [0.2, 0.25) is 0 Å². The summed E-state index contributed by atoms with van der Waals surface area (Å²) < 4.78 is 9.43. The molecule has 0 aromatic heterocycles. The first-order valence-electron chi connectivity index (χ1n) is 10.2. The summed E-state index contributed by atoms with van der Waals surface area (Å²) in [7, 11) is 2.31. The van der Waals surface area contributed by atoms with Gasteiger partial charge in [0, 0.05) is 11.8 Å². The Morgan fingerprint density at radius 2 is 1.28 bits per heavy atom. The number of aromatic hydroxyl groups is 4. The monoisotopic (exact) mass is 494 g/mol. The molecule has 12 heteroatoms. The quantitative estimate of drug-likeness (QED) is 0.0885. The standard InChI is InChI=1S/C24H18N2O10/c1-35-23(31)10-7-11(24(32)36-2)9-12(8-10)25-13-3-5-15(27)19-17(13)21(29)18-14(26(33)34)4-6-16(28)20(18)22(19)30/h3-9,25,27-30H,1-2H3. The number of nitro groups is 1. The molecule has 0 amide bonds. The van der Waals surface area contributed by atoms with Gasteiger partial charge in [0.05, 0.1) is 52.1 Å². The molecule has 0 aliphatic heterocycles. The van der Waals surface area contributed by atoms with E-state index < -0.39 is 56.3 Å². The molecule has 4 rings (SSSR count). The SMILES string of the molecule is COC(=O)c1cc(Nc2ccc(O)c3c(O)c4c(O)ccc([N+](=O)[O-])c4c(O)c23)cc(C(=O)OC)c1. The zero-order chi connectivity index (χ0) is 26.3.